The van der Waals surface area contributed by atoms with E-state index >= 15 is 0 Å². The number of phenolic OH excluding ortho intramolecular Hbond substituents is 1. The van der Waals surface area contributed by atoms with Gasteiger partial charge in [0.15, 0.2) is 27.3 Å². The van der Waals surface area contributed by atoms with Crippen molar-refractivity contribution in [1.29, 1.82) is 0 Å². The van der Waals surface area contributed by atoms with Crippen LogP contribution in [0.25, 0.3) is 34.2 Å². The van der Waals surface area contributed by atoms with Crippen molar-refractivity contribution in [2.24, 2.45) is 0 Å². The smallest absolute Gasteiger partial charge is 0.175 e. The van der Waals surface area contributed by atoms with Gasteiger partial charge in [-0.05, 0) is 36.4 Å². The summed E-state index contributed by atoms with van der Waals surface area (Å²) in [4.78, 5) is 13.9. The summed E-state index contributed by atoms with van der Waals surface area (Å²) in [5.74, 6) is 1.57. The van der Waals surface area contributed by atoms with Gasteiger partial charge in [-0.2, -0.15) is 0 Å². The molecular weight excluding hydrogens is 414 g/mol. The van der Waals surface area contributed by atoms with Crippen LogP contribution in [0.4, 0.5) is 0 Å². The monoisotopic (exact) mass is 433 g/mol. The van der Waals surface area contributed by atoms with Crippen LogP contribution in [-0.4, -0.2) is 41.8 Å². The predicted molar refractivity (Wildman–Crippen MR) is 117 cm³/mol. The Hall–Kier alpha value is -3.78. The number of nitrogens with zero attached hydrogens (tertiary/aromatic N) is 3. The van der Waals surface area contributed by atoms with Crippen molar-refractivity contribution in [2.45, 2.75) is 4.90 Å². The number of phenols is 1. The van der Waals surface area contributed by atoms with Gasteiger partial charge in [0, 0.05) is 23.4 Å². The highest BCUT2D eigenvalue weighted by molar-refractivity contribution is 7.90. The Morgan fingerprint density at radius 2 is 1.35 bits per heavy atom. The van der Waals surface area contributed by atoms with E-state index in [-0.39, 0.29) is 16.5 Å². The van der Waals surface area contributed by atoms with E-state index in [0.29, 0.717) is 28.5 Å². The second-order valence-corrected chi connectivity index (χ2v) is 8.87. The molecule has 0 spiro atoms. The Bertz CT molecular complexity index is 1340. The highest BCUT2D eigenvalue weighted by Gasteiger charge is 2.16. The van der Waals surface area contributed by atoms with Crippen molar-refractivity contribution >= 4 is 9.84 Å². The number of rotatable bonds is 5. The van der Waals surface area contributed by atoms with E-state index in [0.717, 1.165) is 11.8 Å². The lowest BCUT2D eigenvalue weighted by Crippen LogP contribution is -2.01. The average Bonchev–Trinajstić information content (AvgIpc) is 2.78. The minimum atomic E-state index is -3.31. The van der Waals surface area contributed by atoms with Crippen molar-refractivity contribution < 1.29 is 18.3 Å². The van der Waals surface area contributed by atoms with Gasteiger partial charge in [0.2, 0.25) is 0 Å². The molecule has 3 aromatic carbocycles. The van der Waals surface area contributed by atoms with Gasteiger partial charge >= 0.3 is 0 Å². The third-order valence-corrected chi connectivity index (χ3v) is 5.78. The van der Waals surface area contributed by atoms with Crippen molar-refractivity contribution in [1.82, 2.24) is 15.0 Å². The van der Waals surface area contributed by atoms with Crippen LogP contribution >= 0.6 is 0 Å². The lowest BCUT2D eigenvalue weighted by Gasteiger charge is -2.10. The molecule has 0 aliphatic rings. The maximum absolute atomic E-state index is 11.8. The van der Waals surface area contributed by atoms with E-state index in [1.165, 1.54) is 25.3 Å². The molecule has 0 radical (unpaired) electrons. The van der Waals surface area contributed by atoms with Gasteiger partial charge in [-0.25, -0.2) is 23.4 Å². The zero-order valence-corrected chi connectivity index (χ0v) is 17.7. The number of methoxy groups -OCH3 is 1. The molecule has 1 heterocycles. The van der Waals surface area contributed by atoms with E-state index in [1.54, 1.807) is 24.3 Å². The molecule has 4 rings (SSSR count). The van der Waals surface area contributed by atoms with Crippen LogP contribution in [0.3, 0.4) is 0 Å². The summed E-state index contributed by atoms with van der Waals surface area (Å²) < 4.78 is 28.7. The molecule has 0 aliphatic heterocycles. The van der Waals surface area contributed by atoms with Gasteiger partial charge in [-0.3, -0.25) is 0 Å². The minimum Gasteiger partial charge on any atom is -0.507 e. The molecule has 8 heteroatoms. The molecule has 0 unspecified atom stereocenters. The molecular formula is C23H19N3O4S. The first kappa shape index (κ1) is 20.5. The standard InChI is InChI=1S/C23H19N3O4S/c1-30-17-10-13-19(20(27)14-17)23-25-21(15-6-4-3-5-7-15)24-22(26-23)16-8-11-18(12-9-16)31(2,28)29/h3-14,27H,1-2H3. The van der Waals surface area contributed by atoms with Crippen LogP contribution in [0.5, 0.6) is 11.5 Å². The number of ether oxygens (including phenoxy) is 1. The van der Waals surface area contributed by atoms with E-state index in [4.69, 9.17) is 4.74 Å². The van der Waals surface area contributed by atoms with Gasteiger partial charge < -0.3 is 9.84 Å². The van der Waals surface area contributed by atoms with Crippen LogP contribution in [0.15, 0.2) is 77.7 Å². The first-order valence-corrected chi connectivity index (χ1v) is 11.2. The fourth-order valence-electron chi connectivity index (χ4n) is 3.02. The van der Waals surface area contributed by atoms with Crippen LogP contribution in [0.2, 0.25) is 0 Å². The highest BCUT2D eigenvalue weighted by atomic mass is 32.2. The number of benzene rings is 3. The number of aromatic nitrogens is 3. The summed E-state index contributed by atoms with van der Waals surface area (Å²) in [5, 5.41) is 10.5. The molecule has 1 aromatic heterocycles. The van der Waals surface area contributed by atoms with Crippen LogP contribution in [0, 0.1) is 0 Å². The number of aromatic hydroxyl groups is 1. The fourth-order valence-corrected chi connectivity index (χ4v) is 3.65. The predicted octanol–water partition coefficient (Wildman–Crippen LogP) is 3.99. The Balaban J connectivity index is 1.88. The van der Waals surface area contributed by atoms with Crippen molar-refractivity contribution in [3.05, 3.63) is 72.8 Å². The molecule has 0 aliphatic carbocycles. The van der Waals surface area contributed by atoms with Gasteiger partial charge in [-0.15, -0.1) is 0 Å². The minimum absolute atomic E-state index is 0.0251. The van der Waals surface area contributed by atoms with Crippen LogP contribution in [-0.2, 0) is 9.84 Å². The third kappa shape index (κ3) is 4.39. The van der Waals surface area contributed by atoms with Crippen molar-refractivity contribution in [3.8, 4) is 45.7 Å². The van der Waals surface area contributed by atoms with Gasteiger partial charge in [0.05, 0.1) is 17.6 Å². The van der Waals surface area contributed by atoms with Crippen molar-refractivity contribution in [3.63, 3.8) is 0 Å². The summed E-state index contributed by atoms with van der Waals surface area (Å²) in [5.41, 5.74) is 1.84. The topological polar surface area (TPSA) is 102 Å². The Morgan fingerprint density at radius 1 is 0.774 bits per heavy atom. The SMILES string of the molecule is COc1ccc(-c2nc(-c3ccccc3)nc(-c3ccc(S(C)(=O)=O)cc3)n2)c(O)c1. The lowest BCUT2D eigenvalue weighted by atomic mass is 10.1. The molecule has 0 saturated heterocycles. The first-order valence-electron chi connectivity index (χ1n) is 9.34. The highest BCUT2D eigenvalue weighted by Crippen LogP contribution is 2.32. The van der Waals surface area contributed by atoms with Crippen LogP contribution in [0.1, 0.15) is 0 Å². The average molecular weight is 433 g/mol. The normalized spacial score (nSPS) is 11.3. The van der Waals surface area contributed by atoms with E-state index in [1.807, 2.05) is 30.3 Å². The summed E-state index contributed by atoms with van der Waals surface area (Å²) in [6.07, 6.45) is 1.16. The number of hydrogen-bond acceptors (Lipinski definition) is 7. The zero-order valence-electron chi connectivity index (χ0n) is 16.9. The van der Waals surface area contributed by atoms with Gasteiger partial charge in [0.1, 0.15) is 11.5 Å². The molecule has 0 atom stereocenters. The second-order valence-electron chi connectivity index (χ2n) is 6.85. The fraction of sp³-hybridized carbons (Fsp3) is 0.0870. The number of sulfone groups is 1. The largest absolute Gasteiger partial charge is 0.507 e. The van der Waals surface area contributed by atoms with E-state index < -0.39 is 9.84 Å². The Kier molecular flexibility index (Phi) is 5.39. The summed E-state index contributed by atoms with van der Waals surface area (Å²) >= 11 is 0. The first-order chi connectivity index (χ1) is 14.8. The molecule has 156 valence electrons. The molecule has 4 aromatic rings. The molecule has 1 N–H and O–H groups in total. The molecule has 0 saturated carbocycles. The third-order valence-electron chi connectivity index (χ3n) is 4.65. The van der Waals surface area contributed by atoms with Gasteiger partial charge in [-0.1, -0.05) is 30.3 Å². The maximum atomic E-state index is 11.8. The summed E-state index contributed by atoms with van der Waals surface area (Å²) in [6.45, 7) is 0. The Labute approximate surface area is 180 Å². The Morgan fingerprint density at radius 3 is 1.90 bits per heavy atom. The molecule has 0 fully saturated rings. The molecule has 0 amide bonds. The summed E-state index contributed by atoms with van der Waals surface area (Å²) in [6, 6.07) is 20.6. The van der Waals surface area contributed by atoms with Crippen LogP contribution < -0.4 is 4.74 Å². The van der Waals surface area contributed by atoms with E-state index in [2.05, 4.69) is 15.0 Å². The van der Waals surface area contributed by atoms with Gasteiger partial charge in [0.25, 0.3) is 0 Å². The zero-order chi connectivity index (χ0) is 22.0. The van der Waals surface area contributed by atoms with Crippen molar-refractivity contribution in [2.75, 3.05) is 13.4 Å². The molecule has 31 heavy (non-hydrogen) atoms. The van der Waals surface area contributed by atoms with E-state index in [9.17, 15) is 13.5 Å². The maximum Gasteiger partial charge on any atom is 0.175 e. The molecule has 0 bridgehead atoms. The number of hydrogen-bond donors (Lipinski definition) is 1. The lowest BCUT2D eigenvalue weighted by molar-refractivity contribution is 0.408. The second kappa shape index (κ2) is 8.16. The summed E-state index contributed by atoms with van der Waals surface area (Å²) in [7, 11) is -1.80. The quantitative estimate of drug-likeness (QED) is 0.508. The molecule has 7 nitrogen and oxygen atoms in total.